The van der Waals surface area contributed by atoms with Crippen molar-refractivity contribution in [3.05, 3.63) is 90.0 Å². The molecule has 0 unspecified atom stereocenters. The number of hydrogen-bond acceptors (Lipinski definition) is 5. The van der Waals surface area contributed by atoms with Gasteiger partial charge in [-0.3, -0.25) is 4.79 Å². The molecule has 0 aliphatic rings. The summed E-state index contributed by atoms with van der Waals surface area (Å²) in [6.45, 7) is 0.197. The highest BCUT2D eigenvalue weighted by molar-refractivity contribution is 7.89. The van der Waals surface area contributed by atoms with Crippen LogP contribution < -0.4 is 19.5 Å². The lowest BCUT2D eigenvalue weighted by Gasteiger charge is -2.08. The zero-order valence-corrected chi connectivity index (χ0v) is 18.6. The van der Waals surface area contributed by atoms with Crippen molar-refractivity contribution < 1.29 is 22.7 Å². The first kappa shape index (κ1) is 23.1. The molecule has 3 aromatic rings. The molecule has 0 fully saturated rings. The van der Waals surface area contributed by atoms with E-state index < -0.39 is 10.0 Å². The molecule has 0 heterocycles. The highest BCUT2D eigenvalue weighted by Crippen LogP contribution is 2.28. The fourth-order valence-corrected chi connectivity index (χ4v) is 3.91. The van der Waals surface area contributed by atoms with Crippen molar-refractivity contribution in [2.24, 2.45) is 0 Å². The van der Waals surface area contributed by atoms with Crippen LogP contribution in [0.1, 0.15) is 11.1 Å². The third-order valence-electron chi connectivity index (χ3n) is 4.58. The average molecular weight is 453 g/mol. The van der Waals surface area contributed by atoms with Gasteiger partial charge in [-0.15, -0.1) is 0 Å². The molecule has 32 heavy (non-hydrogen) atoms. The van der Waals surface area contributed by atoms with Crippen LogP contribution in [0, 0.1) is 0 Å². The Bertz CT molecular complexity index is 1190. The van der Waals surface area contributed by atoms with Crippen LogP contribution in [0.15, 0.2) is 83.8 Å². The lowest BCUT2D eigenvalue weighted by molar-refractivity contribution is -0.111. The number of ether oxygens (including phenoxy) is 2. The summed E-state index contributed by atoms with van der Waals surface area (Å²) in [5, 5.41) is 2.70. The second kappa shape index (κ2) is 10.6. The first-order chi connectivity index (χ1) is 15.4. The Labute approximate surface area is 187 Å². The summed E-state index contributed by atoms with van der Waals surface area (Å²) in [5.41, 5.74) is 2.11. The highest BCUT2D eigenvalue weighted by Gasteiger charge is 2.13. The number of hydrogen-bond donors (Lipinski definition) is 2. The van der Waals surface area contributed by atoms with Crippen molar-refractivity contribution in [3.63, 3.8) is 0 Å². The Hall–Kier alpha value is -3.62. The zero-order chi connectivity index (χ0) is 23.0. The molecule has 0 spiro atoms. The van der Waals surface area contributed by atoms with Gasteiger partial charge in [0.05, 0.1) is 19.1 Å². The summed E-state index contributed by atoms with van der Waals surface area (Å²) in [6.07, 6.45) is 3.02. The van der Waals surface area contributed by atoms with Gasteiger partial charge >= 0.3 is 0 Å². The predicted octanol–water partition coefficient (Wildman–Crippen LogP) is 3.83. The summed E-state index contributed by atoms with van der Waals surface area (Å²) < 4.78 is 37.9. The van der Waals surface area contributed by atoms with Gasteiger partial charge in [-0.05, 0) is 53.6 Å². The Morgan fingerprint density at radius 3 is 2.25 bits per heavy atom. The first-order valence-electron chi connectivity index (χ1n) is 9.76. The van der Waals surface area contributed by atoms with Gasteiger partial charge in [0.2, 0.25) is 15.9 Å². The molecule has 2 N–H and O–H groups in total. The number of anilines is 1. The quantitative estimate of drug-likeness (QED) is 0.481. The van der Waals surface area contributed by atoms with Crippen molar-refractivity contribution in [1.82, 2.24) is 4.72 Å². The molecular formula is C24H24N2O5S. The van der Waals surface area contributed by atoms with Crippen LogP contribution in [0.25, 0.3) is 6.08 Å². The molecule has 0 atom stereocenters. The zero-order valence-electron chi connectivity index (χ0n) is 17.7. The molecule has 8 heteroatoms. The molecule has 1 amide bonds. The first-order valence-corrected chi connectivity index (χ1v) is 11.2. The van der Waals surface area contributed by atoms with Crippen LogP contribution >= 0.6 is 0 Å². The number of rotatable bonds is 9. The Balaban J connectivity index is 1.60. The molecule has 0 aliphatic heterocycles. The fourth-order valence-electron chi connectivity index (χ4n) is 2.89. The van der Waals surface area contributed by atoms with Gasteiger partial charge in [0, 0.05) is 18.3 Å². The van der Waals surface area contributed by atoms with Crippen LogP contribution in [-0.2, 0) is 21.4 Å². The van der Waals surface area contributed by atoms with E-state index in [2.05, 4.69) is 10.0 Å². The Kier molecular flexibility index (Phi) is 7.64. The number of methoxy groups -OCH3 is 2. The van der Waals surface area contributed by atoms with Gasteiger partial charge in [-0.1, -0.05) is 36.4 Å². The van der Waals surface area contributed by atoms with Crippen LogP contribution in [-0.4, -0.2) is 28.5 Å². The second-order valence-electron chi connectivity index (χ2n) is 6.77. The van der Waals surface area contributed by atoms with E-state index in [1.165, 1.54) is 18.2 Å². The van der Waals surface area contributed by atoms with Crippen LogP contribution in [0.4, 0.5) is 5.69 Å². The maximum atomic E-state index is 12.5. The van der Waals surface area contributed by atoms with E-state index in [0.29, 0.717) is 17.2 Å². The smallest absolute Gasteiger partial charge is 0.248 e. The lowest BCUT2D eigenvalue weighted by atomic mass is 10.2. The normalized spacial score (nSPS) is 11.3. The minimum atomic E-state index is -3.66. The number of amides is 1. The third kappa shape index (κ3) is 6.19. The van der Waals surface area contributed by atoms with Crippen LogP contribution in [0.5, 0.6) is 11.5 Å². The number of carbonyl (C=O) groups is 1. The van der Waals surface area contributed by atoms with Gasteiger partial charge in [0.1, 0.15) is 0 Å². The monoisotopic (exact) mass is 452 g/mol. The largest absolute Gasteiger partial charge is 0.493 e. The van der Waals surface area contributed by atoms with Gasteiger partial charge in [-0.25, -0.2) is 13.1 Å². The lowest BCUT2D eigenvalue weighted by Crippen LogP contribution is -2.23. The molecule has 0 saturated heterocycles. The SMILES string of the molecule is COc1ccc(C=CC(=O)Nc2ccc(S(=O)(=O)NCc3ccccc3)cc2)cc1OC. The molecule has 166 valence electrons. The van der Waals surface area contributed by atoms with Crippen molar-refractivity contribution in [3.8, 4) is 11.5 Å². The highest BCUT2D eigenvalue weighted by atomic mass is 32.2. The minimum Gasteiger partial charge on any atom is -0.493 e. The number of sulfonamides is 1. The van der Waals surface area contributed by atoms with E-state index in [9.17, 15) is 13.2 Å². The van der Waals surface area contributed by atoms with Gasteiger partial charge < -0.3 is 14.8 Å². The van der Waals surface area contributed by atoms with Crippen molar-refractivity contribution in [2.45, 2.75) is 11.4 Å². The van der Waals surface area contributed by atoms with E-state index in [1.807, 2.05) is 30.3 Å². The molecule has 0 saturated carbocycles. The van der Waals surface area contributed by atoms with Gasteiger partial charge in [0.25, 0.3) is 0 Å². The molecule has 0 aliphatic carbocycles. The summed E-state index contributed by atoms with van der Waals surface area (Å²) in [7, 11) is -0.568. The minimum absolute atomic E-state index is 0.118. The fraction of sp³-hybridized carbons (Fsp3) is 0.125. The number of carbonyl (C=O) groups excluding carboxylic acids is 1. The molecule has 0 radical (unpaired) electrons. The van der Waals surface area contributed by atoms with Crippen molar-refractivity contribution >= 4 is 27.7 Å². The van der Waals surface area contributed by atoms with Crippen LogP contribution in [0.2, 0.25) is 0 Å². The molecule has 3 aromatic carbocycles. The maximum absolute atomic E-state index is 12.5. The van der Waals surface area contributed by atoms with Crippen molar-refractivity contribution in [1.29, 1.82) is 0 Å². The van der Waals surface area contributed by atoms with E-state index in [0.717, 1.165) is 11.1 Å². The Morgan fingerprint density at radius 2 is 1.59 bits per heavy atom. The Morgan fingerprint density at radius 1 is 0.906 bits per heavy atom. The average Bonchev–Trinajstić information content (AvgIpc) is 2.82. The maximum Gasteiger partial charge on any atom is 0.248 e. The molecular weight excluding hydrogens is 428 g/mol. The molecule has 7 nitrogen and oxygen atoms in total. The van der Waals surface area contributed by atoms with Crippen molar-refractivity contribution in [2.75, 3.05) is 19.5 Å². The van der Waals surface area contributed by atoms with E-state index in [4.69, 9.17) is 9.47 Å². The summed E-state index contributed by atoms with van der Waals surface area (Å²) in [6, 6.07) is 20.5. The number of nitrogens with one attached hydrogen (secondary N) is 2. The molecule has 0 bridgehead atoms. The van der Waals surface area contributed by atoms with E-state index in [-0.39, 0.29) is 17.3 Å². The van der Waals surface area contributed by atoms with E-state index >= 15 is 0 Å². The third-order valence-corrected chi connectivity index (χ3v) is 5.99. The molecule has 3 rings (SSSR count). The second-order valence-corrected chi connectivity index (χ2v) is 8.54. The summed E-state index contributed by atoms with van der Waals surface area (Å²) in [5.74, 6) is 0.813. The van der Waals surface area contributed by atoms with Crippen LogP contribution in [0.3, 0.4) is 0 Å². The summed E-state index contributed by atoms with van der Waals surface area (Å²) >= 11 is 0. The standard InChI is InChI=1S/C24H24N2O5S/c1-30-22-14-8-18(16-23(22)31-2)9-15-24(27)26-20-10-12-21(13-11-20)32(28,29)25-17-19-6-4-3-5-7-19/h3-16,25H,17H2,1-2H3,(H,26,27). The number of benzene rings is 3. The van der Waals surface area contributed by atoms with Gasteiger partial charge in [-0.2, -0.15) is 0 Å². The van der Waals surface area contributed by atoms with E-state index in [1.54, 1.807) is 50.6 Å². The molecule has 0 aromatic heterocycles. The predicted molar refractivity (Wildman–Crippen MR) is 124 cm³/mol. The van der Waals surface area contributed by atoms with Gasteiger partial charge in [0.15, 0.2) is 11.5 Å². The summed E-state index contributed by atoms with van der Waals surface area (Å²) in [4.78, 5) is 12.3. The topological polar surface area (TPSA) is 93.7 Å².